The fourth-order valence-corrected chi connectivity index (χ4v) is 4.90. The number of carbonyl (C=O) groups is 1. The predicted octanol–water partition coefficient (Wildman–Crippen LogP) is 1.31. The van der Waals surface area contributed by atoms with Crippen LogP contribution in [0.3, 0.4) is 0 Å². The summed E-state index contributed by atoms with van der Waals surface area (Å²) in [5.74, 6) is -0.223. The second-order valence-corrected chi connectivity index (χ2v) is 9.34. The molecule has 4 heterocycles. The van der Waals surface area contributed by atoms with Gasteiger partial charge in [0.1, 0.15) is 0 Å². The van der Waals surface area contributed by atoms with Crippen molar-refractivity contribution in [1.82, 2.24) is 25.4 Å². The fraction of sp³-hybridized carbons (Fsp3) is 0.500. The zero-order valence-corrected chi connectivity index (χ0v) is 21.0. The average Bonchev–Trinajstić information content (AvgIpc) is 2.87. The SMILES string of the molecule is Cl.O=C(O)CC1CCN(c2nc3c(c(=Nc4ccc(CN5CCNCC5)cc4)n2O)CNN=C3)CC1. The molecule has 5 rings (SSSR count). The quantitative estimate of drug-likeness (QED) is 0.423. The third kappa shape index (κ3) is 5.97. The van der Waals surface area contributed by atoms with Crippen LogP contribution in [0.1, 0.15) is 36.1 Å². The number of nitrogens with zero attached hydrogens (tertiary/aromatic N) is 6. The molecule has 2 saturated heterocycles. The molecule has 36 heavy (non-hydrogen) atoms. The molecule has 194 valence electrons. The normalized spacial score (nSPS) is 18.9. The molecule has 0 unspecified atom stereocenters. The molecule has 12 heteroatoms. The number of rotatable bonds is 6. The maximum absolute atomic E-state index is 11.2. The molecule has 1 aromatic carbocycles. The van der Waals surface area contributed by atoms with Crippen molar-refractivity contribution in [2.45, 2.75) is 32.4 Å². The first-order valence-electron chi connectivity index (χ1n) is 12.2. The minimum Gasteiger partial charge on any atom is -0.481 e. The van der Waals surface area contributed by atoms with Gasteiger partial charge in [-0.15, -0.1) is 17.1 Å². The summed E-state index contributed by atoms with van der Waals surface area (Å²) in [6.07, 6.45) is 3.30. The second kappa shape index (κ2) is 11.7. The van der Waals surface area contributed by atoms with Gasteiger partial charge in [-0.25, -0.2) is 9.98 Å². The van der Waals surface area contributed by atoms with Crippen LogP contribution in [0.2, 0.25) is 0 Å². The molecule has 2 aromatic rings. The number of anilines is 1. The Bertz CT molecular complexity index is 1150. The standard InChI is InChI=1S/C24H32N8O3.ClH/c33-22(34)13-17-5-9-31(10-6-17)24-29-21-15-27-26-14-20(21)23(32(24)35)28-19-3-1-18(2-4-19)16-30-11-7-25-8-12-30;/h1-4,15,17,25-26,35H,5-14,16H2,(H,33,34);1H. The Morgan fingerprint density at radius 3 is 2.53 bits per heavy atom. The third-order valence-electron chi connectivity index (χ3n) is 6.87. The number of carboxylic acid groups (broad SMARTS) is 1. The monoisotopic (exact) mass is 516 g/mol. The van der Waals surface area contributed by atoms with Crippen LogP contribution in [-0.2, 0) is 17.9 Å². The summed E-state index contributed by atoms with van der Waals surface area (Å²) in [5.41, 5.74) is 6.79. The van der Waals surface area contributed by atoms with Gasteiger partial charge in [-0.1, -0.05) is 12.1 Å². The van der Waals surface area contributed by atoms with Gasteiger partial charge in [-0.2, -0.15) is 5.10 Å². The molecule has 0 saturated carbocycles. The molecule has 0 bridgehead atoms. The van der Waals surface area contributed by atoms with Crippen LogP contribution in [-0.4, -0.2) is 76.4 Å². The largest absolute Gasteiger partial charge is 0.481 e. The Morgan fingerprint density at radius 2 is 1.83 bits per heavy atom. The van der Waals surface area contributed by atoms with E-state index < -0.39 is 5.97 Å². The lowest BCUT2D eigenvalue weighted by Crippen LogP contribution is -2.42. The van der Waals surface area contributed by atoms with Gasteiger partial charge in [0.15, 0.2) is 5.49 Å². The summed E-state index contributed by atoms with van der Waals surface area (Å²) in [5, 5.41) is 27.8. The van der Waals surface area contributed by atoms with Crippen LogP contribution in [0.4, 0.5) is 11.6 Å². The first-order valence-corrected chi connectivity index (χ1v) is 12.2. The zero-order valence-electron chi connectivity index (χ0n) is 20.1. The van der Waals surface area contributed by atoms with Crippen molar-refractivity contribution in [3.05, 3.63) is 46.6 Å². The van der Waals surface area contributed by atoms with Crippen molar-refractivity contribution in [2.75, 3.05) is 44.2 Å². The zero-order chi connectivity index (χ0) is 24.2. The van der Waals surface area contributed by atoms with Gasteiger partial charge in [-0.3, -0.25) is 9.69 Å². The second-order valence-electron chi connectivity index (χ2n) is 9.34. The van der Waals surface area contributed by atoms with Gasteiger partial charge >= 0.3 is 5.97 Å². The Balaban J connectivity index is 0.00000304. The Kier molecular flexibility index (Phi) is 8.44. The van der Waals surface area contributed by atoms with Crippen LogP contribution >= 0.6 is 12.4 Å². The van der Waals surface area contributed by atoms with Crippen molar-refractivity contribution >= 4 is 36.2 Å². The van der Waals surface area contributed by atoms with Crippen LogP contribution in [0, 0.1) is 5.92 Å². The number of aromatic nitrogens is 2. The number of hydrogen-bond donors (Lipinski definition) is 4. The van der Waals surface area contributed by atoms with Crippen molar-refractivity contribution in [3.63, 3.8) is 0 Å². The van der Waals surface area contributed by atoms with Gasteiger partial charge < -0.3 is 26.0 Å². The number of halogens is 1. The van der Waals surface area contributed by atoms with Crippen molar-refractivity contribution in [2.24, 2.45) is 16.0 Å². The number of aliphatic carboxylic acids is 1. The van der Waals surface area contributed by atoms with Gasteiger partial charge in [0, 0.05) is 57.8 Å². The summed E-state index contributed by atoms with van der Waals surface area (Å²) in [6, 6.07) is 8.13. The van der Waals surface area contributed by atoms with E-state index in [0.717, 1.165) is 61.5 Å². The van der Waals surface area contributed by atoms with E-state index in [1.165, 1.54) is 5.56 Å². The summed E-state index contributed by atoms with van der Waals surface area (Å²) in [7, 11) is 0. The van der Waals surface area contributed by atoms with Crippen molar-refractivity contribution < 1.29 is 15.1 Å². The lowest BCUT2D eigenvalue weighted by Gasteiger charge is -2.33. The summed E-state index contributed by atoms with van der Waals surface area (Å²) in [6.45, 7) is 6.71. The first kappa shape index (κ1) is 25.9. The smallest absolute Gasteiger partial charge is 0.303 e. The highest BCUT2D eigenvalue weighted by molar-refractivity contribution is 5.85. The summed E-state index contributed by atoms with van der Waals surface area (Å²) < 4.78 is 1.06. The molecule has 11 nitrogen and oxygen atoms in total. The van der Waals surface area contributed by atoms with Crippen LogP contribution in [0.15, 0.2) is 34.4 Å². The predicted molar refractivity (Wildman–Crippen MR) is 138 cm³/mol. The molecular formula is C24H33ClN8O3. The van der Waals surface area contributed by atoms with Crippen LogP contribution in [0.25, 0.3) is 0 Å². The molecule has 1 aromatic heterocycles. The molecule has 3 aliphatic heterocycles. The third-order valence-corrected chi connectivity index (χ3v) is 6.87. The Labute approximate surface area is 215 Å². The van der Waals surface area contributed by atoms with E-state index in [4.69, 9.17) is 10.1 Å². The molecule has 2 fully saturated rings. The highest BCUT2D eigenvalue weighted by Crippen LogP contribution is 2.24. The van der Waals surface area contributed by atoms with E-state index in [-0.39, 0.29) is 24.7 Å². The molecular weight excluding hydrogens is 484 g/mol. The lowest BCUT2D eigenvalue weighted by atomic mass is 9.94. The number of piperazine rings is 1. The lowest BCUT2D eigenvalue weighted by molar-refractivity contribution is -0.138. The van der Waals surface area contributed by atoms with Crippen molar-refractivity contribution in [3.8, 4) is 0 Å². The van der Waals surface area contributed by atoms with Gasteiger partial charge in [0.25, 0.3) is 0 Å². The number of piperidine rings is 1. The number of nitrogens with one attached hydrogen (secondary N) is 2. The van der Waals surface area contributed by atoms with E-state index in [1.54, 1.807) is 6.21 Å². The number of hydrogen-bond acceptors (Lipinski definition) is 9. The van der Waals surface area contributed by atoms with E-state index >= 15 is 0 Å². The molecule has 0 amide bonds. The Morgan fingerprint density at radius 1 is 1.11 bits per heavy atom. The Hall–Kier alpha value is -3.15. The molecule has 0 aliphatic carbocycles. The minimum atomic E-state index is -0.767. The molecule has 4 N–H and O–H groups in total. The topological polar surface area (TPSA) is 131 Å². The van der Waals surface area contributed by atoms with E-state index in [0.29, 0.717) is 36.8 Å². The molecule has 0 atom stereocenters. The van der Waals surface area contributed by atoms with Crippen molar-refractivity contribution in [1.29, 1.82) is 0 Å². The van der Waals surface area contributed by atoms with Crippen LogP contribution in [0.5, 0.6) is 0 Å². The van der Waals surface area contributed by atoms with Gasteiger partial charge in [-0.05, 0) is 36.5 Å². The molecule has 3 aliphatic rings. The number of hydrazone groups is 1. The first-order chi connectivity index (χ1) is 17.1. The number of carboxylic acids is 1. The maximum Gasteiger partial charge on any atom is 0.303 e. The van der Waals surface area contributed by atoms with Gasteiger partial charge in [0.05, 0.1) is 24.1 Å². The summed E-state index contributed by atoms with van der Waals surface area (Å²) in [4.78, 5) is 24.9. The average molecular weight is 517 g/mol. The number of fused-ring (bicyclic) bond motifs is 1. The highest BCUT2D eigenvalue weighted by Gasteiger charge is 2.26. The molecule has 0 radical (unpaired) electrons. The summed E-state index contributed by atoms with van der Waals surface area (Å²) >= 11 is 0. The molecule has 0 spiro atoms. The fourth-order valence-electron chi connectivity index (χ4n) is 4.90. The van der Waals surface area contributed by atoms with Crippen LogP contribution < -0.4 is 21.1 Å². The van der Waals surface area contributed by atoms with Gasteiger partial charge in [0.2, 0.25) is 5.95 Å². The number of benzene rings is 1. The van der Waals surface area contributed by atoms with E-state index in [2.05, 4.69) is 37.9 Å². The maximum atomic E-state index is 11.2. The van der Waals surface area contributed by atoms with E-state index in [1.807, 2.05) is 17.0 Å². The highest BCUT2D eigenvalue weighted by atomic mass is 35.5. The van der Waals surface area contributed by atoms with E-state index in [9.17, 15) is 10.0 Å². The minimum absolute atomic E-state index is 0.